The van der Waals surface area contributed by atoms with Crippen molar-refractivity contribution >= 4 is 5.91 Å². The summed E-state index contributed by atoms with van der Waals surface area (Å²) in [5, 5.41) is 0. The lowest BCUT2D eigenvalue weighted by atomic mass is 10.0. The van der Waals surface area contributed by atoms with E-state index in [2.05, 4.69) is 4.90 Å². The largest absolute Gasteiger partial charge is 0.340 e. The van der Waals surface area contributed by atoms with Gasteiger partial charge in [0.1, 0.15) is 6.04 Å². The summed E-state index contributed by atoms with van der Waals surface area (Å²) in [7, 11) is 0. The van der Waals surface area contributed by atoms with E-state index in [-0.39, 0.29) is 5.91 Å². The molecule has 1 aromatic carbocycles. The molecular formula is C19H29N3O. The Morgan fingerprint density at radius 1 is 1.04 bits per heavy atom. The standard InChI is InChI=1S/C19H29N3O/c1-15-7-9-16(10-8-15)18(20)19(23)22-12-4-11-21(13-14-22)17-5-2-3-6-17/h7-10,17-18H,2-6,11-14,20H2,1H3. The van der Waals surface area contributed by atoms with Gasteiger partial charge in [-0.2, -0.15) is 0 Å². The summed E-state index contributed by atoms with van der Waals surface area (Å²) in [5.41, 5.74) is 8.33. The Labute approximate surface area is 139 Å². The lowest BCUT2D eigenvalue weighted by Crippen LogP contribution is -2.42. The number of rotatable bonds is 3. The van der Waals surface area contributed by atoms with Gasteiger partial charge in [-0.3, -0.25) is 9.69 Å². The highest BCUT2D eigenvalue weighted by Gasteiger charge is 2.28. The maximum absolute atomic E-state index is 12.7. The number of carbonyl (C=O) groups excluding carboxylic acids is 1. The Morgan fingerprint density at radius 3 is 2.43 bits per heavy atom. The molecule has 1 unspecified atom stereocenters. The van der Waals surface area contributed by atoms with Crippen molar-refractivity contribution in [3.8, 4) is 0 Å². The molecule has 2 N–H and O–H groups in total. The molecule has 2 aliphatic rings. The molecule has 1 aromatic rings. The Bertz CT molecular complexity index is 522. The summed E-state index contributed by atoms with van der Waals surface area (Å²) < 4.78 is 0. The normalized spacial score (nSPS) is 22.1. The van der Waals surface area contributed by atoms with Gasteiger partial charge in [0.25, 0.3) is 0 Å². The van der Waals surface area contributed by atoms with Crippen molar-refractivity contribution < 1.29 is 4.79 Å². The van der Waals surface area contributed by atoms with Crippen LogP contribution in [0.3, 0.4) is 0 Å². The van der Waals surface area contributed by atoms with Crippen LogP contribution in [0, 0.1) is 6.92 Å². The molecule has 0 aromatic heterocycles. The molecule has 23 heavy (non-hydrogen) atoms. The fourth-order valence-corrected chi connectivity index (χ4v) is 3.91. The Balaban J connectivity index is 1.59. The molecule has 1 heterocycles. The summed E-state index contributed by atoms with van der Waals surface area (Å²) in [6, 6.07) is 8.20. The van der Waals surface area contributed by atoms with Crippen LogP contribution in [0.4, 0.5) is 0 Å². The number of nitrogens with two attached hydrogens (primary N) is 1. The molecule has 1 aliphatic carbocycles. The third-order valence-corrected chi connectivity index (χ3v) is 5.39. The lowest BCUT2D eigenvalue weighted by Gasteiger charge is -2.28. The molecule has 126 valence electrons. The summed E-state index contributed by atoms with van der Waals surface area (Å²) in [5.74, 6) is 0.0714. The number of hydrogen-bond donors (Lipinski definition) is 1. The van der Waals surface area contributed by atoms with Crippen LogP contribution in [0.5, 0.6) is 0 Å². The topological polar surface area (TPSA) is 49.6 Å². The van der Waals surface area contributed by atoms with E-state index in [4.69, 9.17) is 5.73 Å². The highest BCUT2D eigenvalue weighted by molar-refractivity contribution is 5.83. The molecule has 4 nitrogen and oxygen atoms in total. The Hall–Kier alpha value is -1.39. The van der Waals surface area contributed by atoms with Gasteiger partial charge in [-0.05, 0) is 31.7 Å². The van der Waals surface area contributed by atoms with Crippen molar-refractivity contribution in [2.75, 3.05) is 26.2 Å². The first-order chi connectivity index (χ1) is 11.1. The minimum atomic E-state index is -0.534. The van der Waals surface area contributed by atoms with Crippen LogP contribution in [0.1, 0.15) is 49.3 Å². The van der Waals surface area contributed by atoms with Gasteiger partial charge in [0.15, 0.2) is 0 Å². The Morgan fingerprint density at radius 2 is 1.74 bits per heavy atom. The molecular weight excluding hydrogens is 286 g/mol. The van der Waals surface area contributed by atoms with Crippen LogP contribution >= 0.6 is 0 Å². The zero-order valence-corrected chi connectivity index (χ0v) is 14.2. The van der Waals surface area contributed by atoms with Crippen molar-refractivity contribution in [2.24, 2.45) is 5.73 Å². The fraction of sp³-hybridized carbons (Fsp3) is 0.632. The monoisotopic (exact) mass is 315 g/mol. The number of nitrogens with zero attached hydrogens (tertiary/aromatic N) is 2. The molecule has 0 bridgehead atoms. The van der Waals surface area contributed by atoms with Gasteiger partial charge in [0, 0.05) is 32.2 Å². The highest BCUT2D eigenvalue weighted by Crippen LogP contribution is 2.24. The summed E-state index contributed by atoms with van der Waals surface area (Å²) in [6.45, 7) is 5.81. The van der Waals surface area contributed by atoms with E-state index in [1.165, 1.54) is 31.2 Å². The predicted octanol–water partition coefficient (Wildman–Crippen LogP) is 2.47. The average molecular weight is 315 g/mol. The van der Waals surface area contributed by atoms with Crippen LogP contribution in [0.25, 0.3) is 0 Å². The van der Waals surface area contributed by atoms with E-state index in [0.29, 0.717) is 0 Å². The molecule has 1 atom stereocenters. The molecule has 3 rings (SSSR count). The Kier molecular flexibility index (Phi) is 5.34. The van der Waals surface area contributed by atoms with Crippen molar-refractivity contribution in [1.82, 2.24) is 9.80 Å². The van der Waals surface area contributed by atoms with Gasteiger partial charge < -0.3 is 10.6 Å². The summed E-state index contributed by atoms with van der Waals surface area (Å²) in [6.07, 6.45) is 6.45. The van der Waals surface area contributed by atoms with Crippen LogP contribution < -0.4 is 5.73 Å². The van der Waals surface area contributed by atoms with Crippen LogP contribution in [0.2, 0.25) is 0 Å². The van der Waals surface area contributed by atoms with Gasteiger partial charge in [-0.25, -0.2) is 0 Å². The van der Waals surface area contributed by atoms with Crippen LogP contribution in [-0.4, -0.2) is 47.9 Å². The van der Waals surface area contributed by atoms with E-state index >= 15 is 0 Å². The quantitative estimate of drug-likeness (QED) is 0.932. The third-order valence-electron chi connectivity index (χ3n) is 5.39. The van der Waals surface area contributed by atoms with Crippen molar-refractivity contribution in [2.45, 2.75) is 51.1 Å². The molecule has 0 radical (unpaired) electrons. The molecule has 2 fully saturated rings. The number of hydrogen-bond acceptors (Lipinski definition) is 3. The van der Waals surface area contributed by atoms with Gasteiger partial charge in [-0.1, -0.05) is 42.7 Å². The van der Waals surface area contributed by atoms with E-state index in [1.807, 2.05) is 36.1 Å². The first-order valence-corrected chi connectivity index (χ1v) is 9.00. The van der Waals surface area contributed by atoms with Gasteiger partial charge in [-0.15, -0.1) is 0 Å². The second-order valence-electron chi connectivity index (χ2n) is 7.04. The van der Waals surface area contributed by atoms with Crippen LogP contribution in [0.15, 0.2) is 24.3 Å². The molecule has 1 saturated heterocycles. The van der Waals surface area contributed by atoms with Gasteiger partial charge >= 0.3 is 0 Å². The zero-order valence-electron chi connectivity index (χ0n) is 14.2. The van der Waals surface area contributed by atoms with Crippen LogP contribution in [-0.2, 0) is 4.79 Å². The predicted molar refractivity (Wildman–Crippen MR) is 93.1 cm³/mol. The van der Waals surface area contributed by atoms with E-state index in [9.17, 15) is 4.79 Å². The van der Waals surface area contributed by atoms with E-state index in [1.54, 1.807) is 0 Å². The molecule has 1 saturated carbocycles. The van der Waals surface area contributed by atoms with E-state index < -0.39 is 6.04 Å². The van der Waals surface area contributed by atoms with E-state index in [0.717, 1.165) is 44.2 Å². The molecule has 1 amide bonds. The van der Waals surface area contributed by atoms with Gasteiger partial charge in [0.2, 0.25) is 5.91 Å². The molecule has 1 aliphatic heterocycles. The lowest BCUT2D eigenvalue weighted by molar-refractivity contribution is -0.132. The smallest absolute Gasteiger partial charge is 0.244 e. The van der Waals surface area contributed by atoms with Crippen molar-refractivity contribution in [1.29, 1.82) is 0 Å². The van der Waals surface area contributed by atoms with Gasteiger partial charge in [0.05, 0.1) is 0 Å². The van der Waals surface area contributed by atoms with Crippen molar-refractivity contribution in [3.05, 3.63) is 35.4 Å². The number of amides is 1. The summed E-state index contributed by atoms with van der Waals surface area (Å²) >= 11 is 0. The molecule has 0 spiro atoms. The zero-order chi connectivity index (χ0) is 16.2. The third kappa shape index (κ3) is 3.93. The average Bonchev–Trinajstić information content (AvgIpc) is 2.99. The minimum Gasteiger partial charge on any atom is -0.340 e. The second kappa shape index (κ2) is 7.45. The number of benzene rings is 1. The SMILES string of the molecule is Cc1ccc(C(N)C(=O)N2CCCN(C3CCCC3)CC2)cc1. The second-order valence-corrected chi connectivity index (χ2v) is 7.04. The number of carbonyl (C=O) groups is 1. The fourth-order valence-electron chi connectivity index (χ4n) is 3.91. The first-order valence-electron chi connectivity index (χ1n) is 9.00. The van der Waals surface area contributed by atoms with Crippen molar-refractivity contribution in [3.63, 3.8) is 0 Å². The first kappa shape index (κ1) is 16.5. The maximum atomic E-state index is 12.7. The summed E-state index contributed by atoms with van der Waals surface area (Å²) in [4.78, 5) is 17.3. The molecule has 4 heteroatoms. The number of aryl methyl sites for hydroxylation is 1. The highest BCUT2D eigenvalue weighted by atomic mass is 16.2. The maximum Gasteiger partial charge on any atom is 0.244 e. The minimum absolute atomic E-state index is 0.0714.